The Kier molecular flexibility index (Phi) is 4.37. The molecule has 134 valence electrons. The van der Waals surface area contributed by atoms with Crippen molar-refractivity contribution in [2.24, 2.45) is 13.0 Å². The van der Waals surface area contributed by atoms with Gasteiger partial charge < -0.3 is 14.2 Å². The van der Waals surface area contributed by atoms with Crippen LogP contribution in [0.3, 0.4) is 0 Å². The van der Waals surface area contributed by atoms with E-state index in [9.17, 15) is 4.79 Å². The molecule has 0 bridgehead atoms. The minimum Gasteiger partial charge on any atom is -0.379 e. The summed E-state index contributed by atoms with van der Waals surface area (Å²) in [5, 5.41) is 4.51. The van der Waals surface area contributed by atoms with E-state index in [4.69, 9.17) is 4.74 Å². The largest absolute Gasteiger partial charge is 0.379 e. The van der Waals surface area contributed by atoms with Gasteiger partial charge in [0.25, 0.3) is 5.91 Å². The average molecular weight is 342 g/mol. The van der Waals surface area contributed by atoms with Gasteiger partial charge in [0.15, 0.2) is 0 Å². The predicted molar refractivity (Wildman–Crippen MR) is 94.3 cm³/mol. The minimum absolute atomic E-state index is 0.0626. The zero-order valence-electron chi connectivity index (χ0n) is 15.0. The van der Waals surface area contributed by atoms with Crippen LogP contribution in [0.2, 0.25) is 0 Å². The van der Waals surface area contributed by atoms with Gasteiger partial charge in [0.1, 0.15) is 5.69 Å². The molecule has 0 saturated heterocycles. The number of hydrogen-bond donors (Lipinski definition) is 0. The van der Waals surface area contributed by atoms with E-state index in [1.54, 1.807) is 0 Å². The van der Waals surface area contributed by atoms with Crippen LogP contribution >= 0.6 is 0 Å². The number of nitrogens with zero attached hydrogens (tertiary/aromatic N) is 4. The molecule has 25 heavy (non-hydrogen) atoms. The lowest BCUT2D eigenvalue weighted by Gasteiger charge is -2.36. The van der Waals surface area contributed by atoms with Crippen LogP contribution in [0.4, 0.5) is 0 Å². The summed E-state index contributed by atoms with van der Waals surface area (Å²) in [6.07, 6.45) is 7.27. The van der Waals surface area contributed by atoms with E-state index in [0.717, 1.165) is 36.9 Å². The molecule has 1 aliphatic carbocycles. The van der Waals surface area contributed by atoms with Gasteiger partial charge in [-0.3, -0.25) is 9.48 Å². The Labute approximate surface area is 148 Å². The van der Waals surface area contributed by atoms with Gasteiger partial charge in [-0.05, 0) is 49.8 Å². The van der Waals surface area contributed by atoms with E-state index in [1.807, 2.05) is 45.7 Å². The molecule has 1 atom stereocenters. The summed E-state index contributed by atoms with van der Waals surface area (Å²) >= 11 is 0. The second-order valence-corrected chi connectivity index (χ2v) is 7.12. The summed E-state index contributed by atoms with van der Waals surface area (Å²) in [6, 6.07) is 3.74. The third kappa shape index (κ3) is 3.11. The van der Waals surface area contributed by atoms with Gasteiger partial charge in [-0.15, -0.1) is 0 Å². The molecule has 3 heterocycles. The zero-order chi connectivity index (χ0) is 17.4. The van der Waals surface area contributed by atoms with Gasteiger partial charge in [-0.1, -0.05) is 0 Å². The van der Waals surface area contributed by atoms with Crippen LogP contribution in [-0.4, -0.2) is 44.9 Å². The first-order chi connectivity index (χ1) is 12.2. The number of ether oxygens (including phenoxy) is 1. The second kappa shape index (κ2) is 6.67. The zero-order valence-corrected chi connectivity index (χ0v) is 15.0. The predicted octanol–water partition coefficient (Wildman–Crippen LogP) is 2.41. The fraction of sp³-hybridized carbons (Fsp3) is 0.579. The summed E-state index contributed by atoms with van der Waals surface area (Å²) in [6.45, 7) is 4.96. The van der Waals surface area contributed by atoms with Crippen molar-refractivity contribution in [1.82, 2.24) is 19.2 Å². The summed E-state index contributed by atoms with van der Waals surface area (Å²) in [5.41, 5.74) is 3.11. The maximum Gasteiger partial charge on any atom is 0.271 e. The Morgan fingerprint density at radius 3 is 2.88 bits per heavy atom. The molecule has 1 amide bonds. The molecule has 0 aromatic carbocycles. The van der Waals surface area contributed by atoms with Crippen molar-refractivity contribution in [2.75, 3.05) is 19.8 Å². The molecule has 1 saturated carbocycles. The highest BCUT2D eigenvalue weighted by Gasteiger charge is 2.35. The number of aromatic nitrogens is 3. The maximum atomic E-state index is 13.2. The van der Waals surface area contributed by atoms with Crippen LogP contribution in [0, 0.1) is 5.92 Å². The molecular formula is C19H26N4O2. The lowest BCUT2D eigenvalue weighted by Crippen LogP contribution is -2.43. The van der Waals surface area contributed by atoms with E-state index < -0.39 is 0 Å². The fourth-order valence-electron chi connectivity index (χ4n) is 3.68. The Balaban J connectivity index is 1.62. The SMILES string of the molecule is CCn1ncc2c1[C@H](COCC1CC1)N(C(=O)c1cccn1C)CC2. The lowest BCUT2D eigenvalue weighted by atomic mass is 9.99. The minimum atomic E-state index is -0.0626. The molecule has 1 aliphatic heterocycles. The normalized spacial score (nSPS) is 19.9. The van der Waals surface area contributed by atoms with Gasteiger partial charge in [0.2, 0.25) is 0 Å². The second-order valence-electron chi connectivity index (χ2n) is 7.12. The average Bonchev–Trinajstić information content (AvgIpc) is 3.18. The van der Waals surface area contributed by atoms with E-state index in [2.05, 4.69) is 12.0 Å². The van der Waals surface area contributed by atoms with Gasteiger partial charge in [-0.2, -0.15) is 5.10 Å². The van der Waals surface area contributed by atoms with Gasteiger partial charge in [-0.25, -0.2) is 0 Å². The Bertz CT molecular complexity index is 746. The molecule has 4 rings (SSSR count). The monoisotopic (exact) mass is 342 g/mol. The van der Waals surface area contributed by atoms with Crippen molar-refractivity contribution in [3.8, 4) is 0 Å². The van der Waals surface area contributed by atoms with Gasteiger partial charge in [0.05, 0.1) is 24.5 Å². The van der Waals surface area contributed by atoms with Crippen molar-refractivity contribution < 1.29 is 9.53 Å². The van der Waals surface area contributed by atoms with Crippen molar-refractivity contribution in [3.63, 3.8) is 0 Å². The van der Waals surface area contributed by atoms with Crippen molar-refractivity contribution >= 4 is 5.91 Å². The number of fused-ring (bicyclic) bond motifs is 1. The Morgan fingerprint density at radius 1 is 1.36 bits per heavy atom. The smallest absolute Gasteiger partial charge is 0.271 e. The number of aryl methyl sites for hydroxylation is 2. The van der Waals surface area contributed by atoms with Crippen molar-refractivity contribution in [2.45, 2.75) is 38.8 Å². The van der Waals surface area contributed by atoms with Crippen LogP contribution < -0.4 is 0 Å². The van der Waals surface area contributed by atoms with Gasteiger partial charge >= 0.3 is 0 Å². The van der Waals surface area contributed by atoms with Crippen LogP contribution in [0.15, 0.2) is 24.5 Å². The summed E-state index contributed by atoms with van der Waals surface area (Å²) in [5.74, 6) is 0.790. The molecule has 0 unspecified atom stereocenters. The summed E-state index contributed by atoms with van der Waals surface area (Å²) in [4.78, 5) is 15.1. The number of hydrogen-bond acceptors (Lipinski definition) is 3. The first-order valence-corrected chi connectivity index (χ1v) is 9.23. The highest BCUT2D eigenvalue weighted by atomic mass is 16.5. The van der Waals surface area contributed by atoms with Crippen LogP contribution in [-0.2, 0) is 24.8 Å². The van der Waals surface area contributed by atoms with Crippen LogP contribution in [0.5, 0.6) is 0 Å². The van der Waals surface area contributed by atoms with E-state index >= 15 is 0 Å². The fourth-order valence-corrected chi connectivity index (χ4v) is 3.68. The molecule has 0 spiro atoms. The molecule has 6 heteroatoms. The quantitative estimate of drug-likeness (QED) is 0.810. The van der Waals surface area contributed by atoms with E-state index in [1.165, 1.54) is 18.4 Å². The molecule has 0 radical (unpaired) electrons. The topological polar surface area (TPSA) is 52.3 Å². The maximum absolute atomic E-state index is 13.2. The molecule has 0 N–H and O–H groups in total. The standard InChI is InChI=1S/C19H26N4O2/c1-3-23-18-15(11-20-23)8-10-22(17(18)13-25-12-14-6-7-14)19(24)16-5-4-9-21(16)2/h4-5,9,11,14,17H,3,6-8,10,12-13H2,1-2H3/t17-/m0/s1. The number of carbonyl (C=O) groups excluding carboxylic acids is 1. The Hall–Kier alpha value is -2.08. The third-order valence-electron chi connectivity index (χ3n) is 5.32. The summed E-state index contributed by atoms with van der Waals surface area (Å²) < 4.78 is 9.91. The number of carbonyl (C=O) groups is 1. The molecule has 1 fully saturated rings. The number of amides is 1. The first kappa shape index (κ1) is 16.4. The van der Waals surface area contributed by atoms with Gasteiger partial charge in [0, 0.05) is 32.9 Å². The van der Waals surface area contributed by atoms with E-state index in [0.29, 0.717) is 13.2 Å². The highest BCUT2D eigenvalue weighted by molar-refractivity contribution is 5.93. The first-order valence-electron chi connectivity index (χ1n) is 9.23. The highest BCUT2D eigenvalue weighted by Crippen LogP contribution is 2.33. The van der Waals surface area contributed by atoms with Crippen molar-refractivity contribution in [3.05, 3.63) is 41.5 Å². The van der Waals surface area contributed by atoms with Crippen LogP contribution in [0.25, 0.3) is 0 Å². The molecular weight excluding hydrogens is 316 g/mol. The van der Waals surface area contributed by atoms with Crippen LogP contribution in [0.1, 0.15) is 47.6 Å². The third-order valence-corrected chi connectivity index (χ3v) is 5.32. The van der Waals surface area contributed by atoms with E-state index in [-0.39, 0.29) is 11.9 Å². The Morgan fingerprint density at radius 2 is 2.20 bits per heavy atom. The molecule has 2 aromatic heterocycles. The lowest BCUT2D eigenvalue weighted by molar-refractivity contribution is 0.0339. The number of rotatable bonds is 6. The summed E-state index contributed by atoms with van der Waals surface area (Å²) in [7, 11) is 1.91. The van der Waals surface area contributed by atoms with Crippen molar-refractivity contribution in [1.29, 1.82) is 0 Å². The molecule has 6 nitrogen and oxygen atoms in total. The molecule has 2 aliphatic rings. The molecule has 2 aromatic rings.